The van der Waals surface area contributed by atoms with Gasteiger partial charge in [-0.3, -0.25) is 0 Å². The maximum atomic E-state index is 4.09. The van der Waals surface area contributed by atoms with Crippen LogP contribution in [0.4, 0.5) is 0 Å². The summed E-state index contributed by atoms with van der Waals surface area (Å²) in [6.45, 7) is 5.65. The van der Waals surface area contributed by atoms with Crippen molar-refractivity contribution in [1.82, 2.24) is 10.6 Å². The van der Waals surface area contributed by atoms with Gasteiger partial charge in [0.25, 0.3) is 0 Å². The zero-order valence-corrected chi connectivity index (χ0v) is 7.38. The molecule has 0 aromatic heterocycles. The second kappa shape index (κ2) is 6.96. The summed E-state index contributed by atoms with van der Waals surface area (Å²) in [6, 6.07) is 0. The molecule has 0 radical (unpaired) electrons. The van der Waals surface area contributed by atoms with E-state index in [1.807, 2.05) is 7.05 Å². The third kappa shape index (κ3) is 5.98. The SMILES string of the molecule is C=C(CNCCCS)NC. The highest BCUT2D eigenvalue weighted by molar-refractivity contribution is 7.80. The number of likely N-dealkylation sites (N-methyl/N-ethyl adjacent to an activating group) is 1. The zero-order chi connectivity index (χ0) is 7.82. The first-order chi connectivity index (χ1) is 4.81. The molecule has 0 aliphatic heterocycles. The molecule has 60 valence electrons. The first-order valence-corrected chi connectivity index (χ1v) is 4.11. The van der Waals surface area contributed by atoms with Crippen LogP contribution in [0.1, 0.15) is 6.42 Å². The van der Waals surface area contributed by atoms with Crippen LogP contribution in [-0.4, -0.2) is 25.9 Å². The molecule has 0 saturated carbocycles. The lowest BCUT2D eigenvalue weighted by atomic mass is 10.4. The Hall–Kier alpha value is -0.150. The molecule has 0 spiro atoms. The Morgan fingerprint density at radius 1 is 1.60 bits per heavy atom. The van der Waals surface area contributed by atoms with E-state index in [-0.39, 0.29) is 0 Å². The lowest BCUT2D eigenvalue weighted by molar-refractivity contribution is 0.698. The fourth-order valence-electron chi connectivity index (χ4n) is 0.532. The number of nitrogens with one attached hydrogen (secondary N) is 2. The van der Waals surface area contributed by atoms with E-state index in [1.165, 1.54) is 0 Å². The molecular weight excluding hydrogens is 144 g/mol. The van der Waals surface area contributed by atoms with E-state index >= 15 is 0 Å². The monoisotopic (exact) mass is 160 g/mol. The van der Waals surface area contributed by atoms with E-state index in [0.29, 0.717) is 0 Å². The second-order valence-electron chi connectivity index (χ2n) is 2.11. The molecule has 0 aliphatic rings. The Bertz CT molecular complexity index is 93.6. The van der Waals surface area contributed by atoms with E-state index in [2.05, 4.69) is 29.8 Å². The molecule has 0 aromatic rings. The predicted molar refractivity (Wildman–Crippen MR) is 49.5 cm³/mol. The Morgan fingerprint density at radius 2 is 2.30 bits per heavy atom. The highest BCUT2D eigenvalue weighted by Gasteiger charge is 1.87. The van der Waals surface area contributed by atoms with Gasteiger partial charge >= 0.3 is 0 Å². The van der Waals surface area contributed by atoms with Gasteiger partial charge in [-0.15, -0.1) is 0 Å². The summed E-state index contributed by atoms with van der Waals surface area (Å²) in [5.41, 5.74) is 1.03. The summed E-state index contributed by atoms with van der Waals surface area (Å²) in [4.78, 5) is 0. The van der Waals surface area contributed by atoms with Crippen molar-refractivity contribution in [2.75, 3.05) is 25.9 Å². The van der Waals surface area contributed by atoms with Crippen molar-refractivity contribution in [3.8, 4) is 0 Å². The quantitative estimate of drug-likeness (QED) is 0.392. The van der Waals surface area contributed by atoms with Gasteiger partial charge in [0.15, 0.2) is 0 Å². The molecule has 0 rings (SSSR count). The molecule has 0 saturated heterocycles. The number of thiol groups is 1. The maximum Gasteiger partial charge on any atom is 0.0347 e. The maximum absolute atomic E-state index is 4.09. The lowest BCUT2D eigenvalue weighted by Gasteiger charge is -2.05. The predicted octanol–water partition coefficient (Wildman–Crippen LogP) is 0.629. The summed E-state index contributed by atoms with van der Waals surface area (Å²) >= 11 is 4.09. The Balaban J connectivity index is 2.96. The minimum atomic E-state index is 0.851. The van der Waals surface area contributed by atoms with Crippen LogP contribution in [-0.2, 0) is 0 Å². The van der Waals surface area contributed by atoms with Gasteiger partial charge in [-0.05, 0) is 18.7 Å². The molecule has 0 atom stereocenters. The Kier molecular flexibility index (Phi) is 6.86. The first kappa shape index (κ1) is 9.85. The van der Waals surface area contributed by atoms with Crippen LogP contribution < -0.4 is 10.6 Å². The number of hydrogen-bond donors (Lipinski definition) is 3. The minimum Gasteiger partial charge on any atom is -0.391 e. The molecular formula is C7H16N2S. The van der Waals surface area contributed by atoms with Gasteiger partial charge in [-0.2, -0.15) is 12.6 Å². The smallest absolute Gasteiger partial charge is 0.0347 e. The average molecular weight is 160 g/mol. The van der Waals surface area contributed by atoms with Crippen LogP contribution >= 0.6 is 12.6 Å². The van der Waals surface area contributed by atoms with Gasteiger partial charge in [0.05, 0.1) is 0 Å². The Labute approximate surface area is 68.5 Å². The first-order valence-electron chi connectivity index (χ1n) is 3.48. The van der Waals surface area contributed by atoms with Crippen LogP contribution in [0, 0.1) is 0 Å². The molecule has 0 heterocycles. The van der Waals surface area contributed by atoms with Gasteiger partial charge in [-0.1, -0.05) is 6.58 Å². The summed E-state index contributed by atoms with van der Waals surface area (Å²) in [6.07, 6.45) is 1.11. The van der Waals surface area contributed by atoms with Gasteiger partial charge < -0.3 is 10.6 Å². The normalized spacial score (nSPS) is 9.40. The average Bonchev–Trinajstić information content (AvgIpc) is 1.98. The summed E-state index contributed by atoms with van der Waals surface area (Å²) < 4.78 is 0. The molecule has 0 bridgehead atoms. The van der Waals surface area contributed by atoms with E-state index < -0.39 is 0 Å². The minimum absolute atomic E-state index is 0.851. The molecule has 3 heteroatoms. The molecule has 0 unspecified atom stereocenters. The second-order valence-corrected chi connectivity index (χ2v) is 2.55. The van der Waals surface area contributed by atoms with E-state index in [0.717, 1.165) is 31.0 Å². The Morgan fingerprint density at radius 3 is 2.80 bits per heavy atom. The highest BCUT2D eigenvalue weighted by Crippen LogP contribution is 1.81. The number of hydrogen-bond acceptors (Lipinski definition) is 3. The largest absolute Gasteiger partial charge is 0.391 e. The van der Waals surface area contributed by atoms with Gasteiger partial charge in [-0.25, -0.2) is 0 Å². The van der Waals surface area contributed by atoms with Crippen LogP contribution in [0.2, 0.25) is 0 Å². The van der Waals surface area contributed by atoms with Crippen molar-refractivity contribution in [3.05, 3.63) is 12.3 Å². The zero-order valence-electron chi connectivity index (χ0n) is 6.48. The summed E-state index contributed by atoms with van der Waals surface area (Å²) in [7, 11) is 1.88. The van der Waals surface area contributed by atoms with Crippen LogP contribution in [0.5, 0.6) is 0 Å². The molecule has 2 N–H and O–H groups in total. The topological polar surface area (TPSA) is 24.1 Å². The summed E-state index contributed by atoms with van der Waals surface area (Å²) in [5.74, 6) is 0.943. The fraction of sp³-hybridized carbons (Fsp3) is 0.714. The van der Waals surface area contributed by atoms with Crippen LogP contribution in [0.15, 0.2) is 12.3 Å². The van der Waals surface area contributed by atoms with Gasteiger partial charge in [0, 0.05) is 19.3 Å². The third-order valence-corrected chi connectivity index (χ3v) is 1.52. The summed E-state index contributed by atoms with van der Waals surface area (Å²) in [5, 5.41) is 6.19. The van der Waals surface area contributed by atoms with Gasteiger partial charge in [0.1, 0.15) is 0 Å². The van der Waals surface area contributed by atoms with Crippen molar-refractivity contribution < 1.29 is 0 Å². The molecule has 0 aliphatic carbocycles. The third-order valence-electron chi connectivity index (χ3n) is 1.20. The van der Waals surface area contributed by atoms with Gasteiger partial charge in [0.2, 0.25) is 0 Å². The molecule has 10 heavy (non-hydrogen) atoms. The molecule has 2 nitrogen and oxygen atoms in total. The van der Waals surface area contributed by atoms with Crippen LogP contribution in [0.3, 0.4) is 0 Å². The van der Waals surface area contributed by atoms with Crippen molar-refractivity contribution in [1.29, 1.82) is 0 Å². The molecule has 0 fully saturated rings. The van der Waals surface area contributed by atoms with Crippen molar-refractivity contribution in [3.63, 3.8) is 0 Å². The van der Waals surface area contributed by atoms with E-state index in [9.17, 15) is 0 Å². The van der Waals surface area contributed by atoms with E-state index in [1.54, 1.807) is 0 Å². The molecule has 0 amide bonds. The van der Waals surface area contributed by atoms with E-state index in [4.69, 9.17) is 0 Å². The van der Waals surface area contributed by atoms with Crippen molar-refractivity contribution >= 4 is 12.6 Å². The highest BCUT2D eigenvalue weighted by atomic mass is 32.1. The lowest BCUT2D eigenvalue weighted by Crippen LogP contribution is -2.23. The fourth-order valence-corrected chi connectivity index (χ4v) is 0.690. The van der Waals surface area contributed by atoms with Crippen molar-refractivity contribution in [2.45, 2.75) is 6.42 Å². The number of rotatable bonds is 6. The van der Waals surface area contributed by atoms with Crippen molar-refractivity contribution in [2.24, 2.45) is 0 Å². The molecule has 0 aromatic carbocycles. The standard InChI is InChI=1S/C7H16N2S/c1-7(8-2)6-9-4-3-5-10/h8-10H,1,3-6H2,2H3. The van der Waals surface area contributed by atoms with Crippen LogP contribution in [0.25, 0.3) is 0 Å².